The molecule has 0 bridgehead atoms. The SMILES string of the molecule is O=C(Nc1ccc(S(=O)(=O)N2CCN(c3cnccn3)CC2)cc1)c1ccc(Cl)cc1Cl. The molecule has 1 amide bonds. The van der Waals surface area contributed by atoms with Gasteiger partial charge in [-0.3, -0.25) is 9.78 Å². The van der Waals surface area contributed by atoms with Crippen LogP contribution < -0.4 is 10.2 Å². The Labute approximate surface area is 195 Å². The smallest absolute Gasteiger partial charge is 0.257 e. The number of hydrogen-bond acceptors (Lipinski definition) is 6. The minimum absolute atomic E-state index is 0.160. The second kappa shape index (κ2) is 9.41. The van der Waals surface area contributed by atoms with Crippen molar-refractivity contribution in [1.29, 1.82) is 0 Å². The van der Waals surface area contributed by atoms with E-state index >= 15 is 0 Å². The average Bonchev–Trinajstić information content (AvgIpc) is 2.80. The molecular weight excluding hydrogens is 473 g/mol. The van der Waals surface area contributed by atoms with Crippen LogP contribution in [0.4, 0.5) is 11.5 Å². The van der Waals surface area contributed by atoms with E-state index in [1.54, 1.807) is 36.8 Å². The third kappa shape index (κ3) is 4.86. The highest BCUT2D eigenvalue weighted by molar-refractivity contribution is 7.89. The Bertz CT molecular complexity index is 1220. The molecule has 1 aliphatic heterocycles. The van der Waals surface area contributed by atoms with Crippen molar-refractivity contribution >= 4 is 50.6 Å². The maximum Gasteiger partial charge on any atom is 0.257 e. The Morgan fingerprint density at radius 3 is 2.31 bits per heavy atom. The van der Waals surface area contributed by atoms with Gasteiger partial charge in [-0.2, -0.15) is 4.31 Å². The van der Waals surface area contributed by atoms with Crippen LogP contribution >= 0.6 is 23.2 Å². The summed E-state index contributed by atoms with van der Waals surface area (Å²) in [6.45, 7) is 1.72. The molecule has 1 aliphatic rings. The van der Waals surface area contributed by atoms with Crippen LogP contribution in [0.5, 0.6) is 0 Å². The van der Waals surface area contributed by atoms with E-state index in [1.807, 2.05) is 4.90 Å². The number of halogens is 2. The number of piperazine rings is 1. The normalized spacial score (nSPS) is 14.9. The molecule has 1 aromatic heterocycles. The highest BCUT2D eigenvalue weighted by Crippen LogP contribution is 2.24. The number of carbonyl (C=O) groups excluding carboxylic acids is 1. The third-order valence-corrected chi connectivity index (χ3v) is 7.50. The summed E-state index contributed by atoms with van der Waals surface area (Å²) in [6, 6.07) is 10.6. The predicted octanol–water partition coefficient (Wildman–Crippen LogP) is 3.55. The zero-order valence-electron chi connectivity index (χ0n) is 16.8. The molecule has 1 fully saturated rings. The van der Waals surface area contributed by atoms with Crippen LogP contribution in [0.15, 0.2) is 66.0 Å². The van der Waals surface area contributed by atoms with Crippen molar-refractivity contribution in [1.82, 2.24) is 14.3 Å². The van der Waals surface area contributed by atoms with Crippen LogP contribution in [0.25, 0.3) is 0 Å². The maximum absolute atomic E-state index is 13.0. The van der Waals surface area contributed by atoms with Gasteiger partial charge >= 0.3 is 0 Å². The van der Waals surface area contributed by atoms with Gasteiger partial charge in [0.1, 0.15) is 5.82 Å². The summed E-state index contributed by atoms with van der Waals surface area (Å²) >= 11 is 11.9. The van der Waals surface area contributed by atoms with Crippen LogP contribution in [0.1, 0.15) is 10.4 Å². The van der Waals surface area contributed by atoms with Gasteiger partial charge in [0.25, 0.3) is 5.91 Å². The van der Waals surface area contributed by atoms with E-state index in [1.165, 1.54) is 28.6 Å². The molecular formula is C21H19Cl2N5O3S. The first-order valence-electron chi connectivity index (χ1n) is 9.72. The number of hydrogen-bond donors (Lipinski definition) is 1. The monoisotopic (exact) mass is 491 g/mol. The molecule has 0 radical (unpaired) electrons. The fourth-order valence-electron chi connectivity index (χ4n) is 3.34. The van der Waals surface area contributed by atoms with E-state index in [-0.39, 0.29) is 15.5 Å². The molecule has 0 saturated carbocycles. The molecule has 0 atom stereocenters. The second-order valence-electron chi connectivity index (χ2n) is 7.06. The predicted molar refractivity (Wildman–Crippen MR) is 124 cm³/mol. The van der Waals surface area contributed by atoms with Crippen molar-refractivity contribution in [2.75, 3.05) is 36.4 Å². The van der Waals surface area contributed by atoms with Crippen LogP contribution in [0.3, 0.4) is 0 Å². The lowest BCUT2D eigenvalue weighted by atomic mass is 10.2. The molecule has 2 aromatic carbocycles. The molecule has 1 N–H and O–H groups in total. The summed E-state index contributed by atoms with van der Waals surface area (Å²) in [4.78, 5) is 22.9. The van der Waals surface area contributed by atoms with Crippen molar-refractivity contribution in [3.8, 4) is 0 Å². The van der Waals surface area contributed by atoms with Crippen LogP contribution in [-0.4, -0.2) is 54.8 Å². The van der Waals surface area contributed by atoms with Crippen LogP contribution in [0, 0.1) is 0 Å². The lowest BCUT2D eigenvalue weighted by molar-refractivity contribution is 0.102. The highest BCUT2D eigenvalue weighted by Gasteiger charge is 2.29. The van der Waals surface area contributed by atoms with Crippen molar-refractivity contribution in [3.05, 3.63) is 76.7 Å². The first-order valence-corrected chi connectivity index (χ1v) is 11.9. The van der Waals surface area contributed by atoms with E-state index in [0.717, 1.165) is 5.82 Å². The number of carbonyl (C=O) groups is 1. The minimum atomic E-state index is -3.65. The number of rotatable bonds is 5. The Morgan fingerprint density at radius 2 is 1.69 bits per heavy atom. The number of sulfonamides is 1. The van der Waals surface area contributed by atoms with Crippen molar-refractivity contribution in [3.63, 3.8) is 0 Å². The lowest BCUT2D eigenvalue weighted by Crippen LogP contribution is -2.48. The van der Waals surface area contributed by atoms with Gasteiger partial charge < -0.3 is 10.2 Å². The zero-order valence-corrected chi connectivity index (χ0v) is 19.1. The molecule has 0 unspecified atom stereocenters. The van der Waals surface area contributed by atoms with Gasteiger partial charge in [-0.05, 0) is 42.5 Å². The maximum atomic E-state index is 13.0. The van der Waals surface area contributed by atoms with Crippen molar-refractivity contribution < 1.29 is 13.2 Å². The number of amides is 1. The number of nitrogens with one attached hydrogen (secondary N) is 1. The van der Waals surface area contributed by atoms with Crippen molar-refractivity contribution in [2.45, 2.75) is 4.90 Å². The molecule has 32 heavy (non-hydrogen) atoms. The molecule has 11 heteroatoms. The minimum Gasteiger partial charge on any atom is -0.353 e. The molecule has 0 aliphatic carbocycles. The summed E-state index contributed by atoms with van der Waals surface area (Å²) in [5, 5.41) is 3.37. The first kappa shape index (κ1) is 22.5. The molecule has 2 heterocycles. The Hall–Kier alpha value is -2.72. The van der Waals surface area contributed by atoms with Crippen molar-refractivity contribution in [2.24, 2.45) is 0 Å². The quantitative estimate of drug-likeness (QED) is 0.586. The summed E-state index contributed by atoms with van der Waals surface area (Å²) in [5.41, 5.74) is 0.723. The lowest BCUT2D eigenvalue weighted by Gasteiger charge is -2.34. The standard InChI is InChI=1S/C21H19Cl2N5O3S/c22-15-1-6-18(19(23)13-15)21(29)26-16-2-4-17(5-3-16)32(30,31)28-11-9-27(10-12-28)20-14-24-7-8-25-20/h1-8,13-14H,9-12H2,(H,26,29). The number of anilines is 2. The van der Waals surface area contributed by atoms with E-state index in [4.69, 9.17) is 23.2 Å². The molecule has 166 valence electrons. The van der Waals surface area contributed by atoms with Crippen LogP contribution in [-0.2, 0) is 10.0 Å². The Kier molecular flexibility index (Phi) is 6.61. The first-order chi connectivity index (χ1) is 15.3. The summed E-state index contributed by atoms with van der Waals surface area (Å²) in [5.74, 6) is 0.313. The highest BCUT2D eigenvalue weighted by atomic mass is 35.5. The molecule has 3 aromatic rings. The van der Waals surface area contributed by atoms with E-state index in [0.29, 0.717) is 36.9 Å². The van der Waals surface area contributed by atoms with Gasteiger partial charge in [0, 0.05) is 49.3 Å². The molecule has 4 rings (SSSR count). The van der Waals surface area contributed by atoms with Gasteiger partial charge in [-0.25, -0.2) is 13.4 Å². The summed E-state index contributed by atoms with van der Waals surface area (Å²) < 4.78 is 27.5. The summed E-state index contributed by atoms with van der Waals surface area (Å²) in [7, 11) is -3.65. The zero-order chi connectivity index (χ0) is 22.7. The molecule has 8 nitrogen and oxygen atoms in total. The second-order valence-corrected chi connectivity index (χ2v) is 9.84. The fourth-order valence-corrected chi connectivity index (χ4v) is 5.26. The third-order valence-electron chi connectivity index (χ3n) is 5.04. The number of nitrogens with zero attached hydrogens (tertiary/aromatic N) is 4. The van der Waals surface area contributed by atoms with E-state index in [2.05, 4.69) is 15.3 Å². The average molecular weight is 492 g/mol. The van der Waals surface area contributed by atoms with E-state index < -0.39 is 15.9 Å². The topological polar surface area (TPSA) is 95.5 Å². The van der Waals surface area contributed by atoms with E-state index in [9.17, 15) is 13.2 Å². The summed E-state index contributed by atoms with van der Waals surface area (Å²) in [6.07, 6.45) is 4.87. The van der Waals surface area contributed by atoms with Gasteiger partial charge in [-0.1, -0.05) is 23.2 Å². The fraction of sp³-hybridized carbons (Fsp3) is 0.190. The molecule has 0 spiro atoms. The van der Waals surface area contributed by atoms with Gasteiger partial charge in [0.05, 0.1) is 21.7 Å². The van der Waals surface area contributed by atoms with Gasteiger partial charge in [-0.15, -0.1) is 0 Å². The Morgan fingerprint density at radius 1 is 0.969 bits per heavy atom. The number of benzene rings is 2. The largest absolute Gasteiger partial charge is 0.353 e. The Balaban J connectivity index is 1.41. The number of aromatic nitrogens is 2. The van der Waals surface area contributed by atoms with Crippen LogP contribution in [0.2, 0.25) is 10.0 Å². The van der Waals surface area contributed by atoms with Gasteiger partial charge in [0.15, 0.2) is 0 Å². The van der Waals surface area contributed by atoms with Gasteiger partial charge in [0.2, 0.25) is 10.0 Å². The molecule has 1 saturated heterocycles.